The molecule has 0 aliphatic heterocycles. The van der Waals surface area contributed by atoms with E-state index in [-0.39, 0.29) is 0 Å². The molecule has 0 amide bonds. The van der Waals surface area contributed by atoms with Gasteiger partial charge >= 0.3 is 0 Å². The minimum absolute atomic E-state index is 0. The van der Waals surface area contributed by atoms with Crippen molar-refractivity contribution >= 4 is 0 Å². The fourth-order valence-electron chi connectivity index (χ4n) is 0.876. The molecule has 0 aliphatic rings. The van der Waals surface area contributed by atoms with E-state index in [0.29, 0.717) is 0 Å². The Morgan fingerprint density at radius 1 is 0.786 bits per heavy atom. The summed E-state index contributed by atoms with van der Waals surface area (Å²) >= 11 is 0. The van der Waals surface area contributed by atoms with Crippen LogP contribution in [0.1, 0.15) is 5.56 Å². The summed E-state index contributed by atoms with van der Waals surface area (Å²) in [7, 11) is 0. The standard InChI is InChI=1S/C7H8.C6H5.Rf/c1-7-5-3-2-4-6-7;1-2-4-6-5-3-1;/h2-6H,1H3;1-5H;/q;-1;. The Kier molecular flexibility index (Phi) is 5.81. The Morgan fingerprint density at radius 3 is 1.50 bits per heavy atom. The van der Waals surface area contributed by atoms with Gasteiger partial charge in [-0.3, -0.25) is 0 Å². The van der Waals surface area contributed by atoms with Crippen molar-refractivity contribution in [2.45, 2.75) is 6.92 Å². The second-order valence-corrected chi connectivity index (χ2v) is 2.73. The molecule has 2 aromatic carbocycles. The van der Waals surface area contributed by atoms with E-state index in [4.69, 9.17) is 0 Å². The van der Waals surface area contributed by atoms with Gasteiger partial charge in [-0.2, -0.15) is 36.4 Å². The van der Waals surface area contributed by atoms with Crippen LogP contribution >= 0.6 is 0 Å². The Morgan fingerprint density at radius 2 is 1.29 bits per heavy atom. The maximum Gasteiger partial charge on any atom is 0 e. The molecule has 0 atom stereocenters. The maximum atomic E-state index is 2.89. The zero-order valence-electron chi connectivity index (χ0n) is 8.48. The van der Waals surface area contributed by atoms with E-state index in [0.717, 1.165) is 0 Å². The maximum absolute atomic E-state index is 2.89. The van der Waals surface area contributed by atoms with Crippen LogP contribution in [-0.2, 0) is 0 Å². The predicted octanol–water partition coefficient (Wildman–Crippen LogP) is 3.48. The topological polar surface area (TPSA) is 0 Å². The van der Waals surface area contributed by atoms with E-state index < -0.39 is 0 Å². The SMILES string of the molecule is Cc1ccccc1.[Rf].[c-]1ccccc1. The molecule has 0 aliphatic carbocycles. The molecular weight excluding hydrogens is 423 g/mol. The van der Waals surface area contributed by atoms with E-state index in [9.17, 15) is 0 Å². The van der Waals surface area contributed by atoms with Gasteiger partial charge in [-0.15, -0.1) is 0 Å². The third-order valence-corrected chi connectivity index (χ3v) is 1.55. The van der Waals surface area contributed by atoms with Gasteiger partial charge in [0.15, 0.2) is 0 Å². The van der Waals surface area contributed by atoms with Crippen molar-refractivity contribution in [3.63, 3.8) is 0 Å². The first-order valence-corrected chi connectivity index (χ1v) is 4.32. The summed E-state index contributed by atoms with van der Waals surface area (Å²) in [6.07, 6.45) is 0. The van der Waals surface area contributed by atoms with Gasteiger partial charge in [0.25, 0.3) is 0 Å². The van der Waals surface area contributed by atoms with Gasteiger partial charge in [-0.1, -0.05) is 35.9 Å². The van der Waals surface area contributed by atoms with E-state index in [1.165, 1.54) is 5.56 Å². The monoisotopic (exact) mass is 436 g/mol. The van der Waals surface area contributed by atoms with Crippen LogP contribution < -0.4 is 0 Å². The van der Waals surface area contributed by atoms with Gasteiger partial charge in [-0.05, 0) is 6.92 Å². The number of benzene rings is 2. The Bertz CT molecular complexity index is 276. The molecular formula is C13H13Rf-. The summed E-state index contributed by atoms with van der Waals surface area (Å²) in [5.74, 6) is 0. The van der Waals surface area contributed by atoms with E-state index in [2.05, 4.69) is 25.1 Å². The summed E-state index contributed by atoms with van der Waals surface area (Å²) in [5.41, 5.74) is 1.32. The first-order chi connectivity index (χ1) is 6.39. The molecule has 0 aromatic heterocycles. The van der Waals surface area contributed by atoms with Gasteiger partial charge in [0.2, 0.25) is 0 Å². The van der Waals surface area contributed by atoms with Crippen molar-refractivity contribution in [3.8, 4) is 0 Å². The fraction of sp³-hybridized carbons (Fsp3) is 0.0769. The first-order valence-electron chi connectivity index (χ1n) is 4.32. The molecule has 0 fully saturated rings. The normalized spacial score (nSPS) is 7.79. The number of rotatable bonds is 0. The van der Waals surface area contributed by atoms with Crippen LogP contribution in [0.2, 0.25) is 0 Å². The Hall–Kier alpha value is -2.56. The number of hydrogen-bond acceptors (Lipinski definition) is 0. The summed E-state index contributed by atoms with van der Waals surface area (Å²) in [5, 5.41) is 0. The van der Waals surface area contributed by atoms with Crippen LogP contribution in [0.15, 0.2) is 60.7 Å². The minimum Gasteiger partial charge on any atom is -0.184 e. The fourth-order valence-corrected chi connectivity index (χ4v) is 0.876. The Labute approximate surface area is 79.9 Å². The molecule has 0 heterocycles. The van der Waals surface area contributed by atoms with E-state index >= 15 is 0 Å². The third kappa shape index (κ3) is 5.14. The zero-order chi connectivity index (χ0) is 9.36. The van der Waals surface area contributed by atoms with Gasteiger partial charge in [0.05, 0.1) is 0 Å². The quantitative estimate of drug-likeness (QED) is 0.555. The minimum atomic E-state index is 0. The average Bonchev–Trinajstić information content (AvgIpc) is 2.22. The molecule has 1 heteroatoms. The Balaban J connectivity index is 0.000000227. The molecule has 0 saturated carbocycles. The molecule has 0 saturated heterocycles. The molecule has 2 aromatic rings. The smallest absolute Gasteiger partial charge is 0 e. The largest absolute Gasteiger partial charge is 0.184 e. The zero-order valence-corrected chi connectivity index (χ0v) is 14.9. The van der Waals surface area contributed by atoms with Crippen LogP contribution in [0, 0.1) is 13.0 Å². The van der Waals surface area contributed by atoms with Crippen molar-refractivity contribution in [2.75, 3.05) is 0 Å². The third-order valence-electron chi connectivity index (χ3n) is 1.55. The molecule has 68 valence electrons. The van der Waals surface area contributed by atoms with Crippen LogP contribution in [0.5, 0.6) is 0 Å². The van der Waals surface area contributed by atoms with Crippen molar-refractivity contribution in [2.24, 2.45) is 0 Å². The molecule has 0 spiro atoms. The van der Waals surface area contributed by atoms with Crippen LogP contribution in [-0.4, -0.2) is 0 Å². The van der Waals surface area contributed by atoms with Gasteiger partial charge < -0.3 is 0 Å². The molecule has 2 rings (SSSR count). The van der Waals surface area contributed by atoms with Crippen molar-refractivity contribution in [1.29, 1.82) is 0 Å². The van der Waals surface area contributed by atoms with E-state index in [1.807, 2.05) is 48.5 Å². The van der Waals surface area contributed by atoms with Crippen molar-refractivity contribution in [1.82, 2.24) is 0 Å². The second-order valence-electron chi connectivity index (χ2n) is 2.73. The molecule has 14 heavy (non-hydrogen) atoms. The van der Waals surface area contributed by atoms with Crippen LogP contribution in [0.4, 0.5) is 0 Å². The number of hydrogen-bond donors (Lipinski definition) is 0. The predicted molar refractivity (Wildman–Crippen MR) is 56.5 cm³/mol. The molecule has 0 N–H and O–H groups in total. The van der Waals surface area contributed by atoms with Gasteiger partial charge in [0, 0.05) is 0 Å². The molecule has 0 bridgehead atoms. The molecule has 0 unspecified atom stereocenters. The van der Waals surface area contributed by atoms with Crippen LogP contribution in [0.25, 0.3) is 0 Å². The van der Waals surface area contributed by atoms with Crippen molar-refractivity contribution in [3.05, 3.63) is 72.3 Å². The van der Waals surface area contributed by atoms with Crippen LogP contribution in [0.3, 0.4) is 0 Å². The average molecular weight is 436 g/mol. The molecule has 0 nitrogen and oxygen atoms in total. The van der Waals surface area contributed by atoms with Gasteiger partial charge in [0.1, 0.15) is 0 Å². The van der Waals surface area contributed by atoms with Crippen molar-refractivity contribution < 1.29 is 0 Å². The summed E-state index contributed by atoms with van der Waals surface area (Å²) in [6, 6.07) is 22.8. The first kappa shape index (κ1) is 11.4. The van der Waals surface area contributed by atoms with Gasteiger partial charge in [-0.25, -0.2) is 0 Å². The van der Waals surface area contributed by atoms with E-state index in [1.54, 1.807) is 0 Å². The second kappa shape index (κ2) is 7.11. The summed E-state index contributed by atoms with van der Waals surface area (Å²) < 4.78 is 0. The summed E-state index contributed by atoms with van der Waals surface area (Å²) in [6.45, 7) is 2.08. The summed E-state index contributed by atoms with van der Waals surface area (Å²) in [4.78, 5) is 0. The molecule has 0 radical (unpaired) electrons. The number of aryl methyl sites for hydroxylation is 1.